The summed E-state index contributed by atoms with van der Waals surface area (Å²) in [7, 11) is -0.287. The number of ketones is 1. The minimum absolute atomic E-state index is 0.0213. The van der Waals surface area contributed by atoms with Gasteiger partial charge in [-0.25, -0.2) is 0 Å². The Morgan fingerprint density at radius 2 is 1.96 bits per heavy atom. The van der Waals surface area contributed by atoms with Crippen molar-refractivity contribution >= 4 is 30.0 Å². The van der Waals surface area contributed by atoms with Gasteiger partial charge in [0, 0.05) is 17.9 Å². The van der Waals surface area contributed by atoms with Crippen LogP contribution in [0.2, 0.25) is 18.1 Å². The second-order valence-corrected chi connectivity index (χ2v) is 15.3. The summed E-state index contributed by atoms with van der Waals surface area (Å²) in [5, 5.41) is 0.138. The Kier molecular flexibility index (Phi) is 8.34. The summed E-state index contributed by atoms with van der Waals surface area (Å²) in [6.07, 6.45) is 5.40. The van der Waals surface area contributed by atoms with Crippen LogP contribution in [0.3, 0.4) is 0 Å². The number of hydrogen-bond donors (Lipinski definition) is 0. The second kappa shape index (κ2) is 9.23. The highest BCUT2D eigenvalue weighted by molar-refractivity contribution is 9.11. The zero-order valence-electron chi connectivity index (χ0n) is 18.2. The molecule has 0 aromatic carbocycles. The normalized spacial score (nSPS) is 22.2. The predicted octanol–water partition coefficient (Wildman–Crippen LogP) is 6.91. The number of carbonyl (C=O) groups is 1. The van der Waals surface area contributed by atoms with Crippen LogP contribution in [0.4, 0.5) is 0 Å². The Hall–Kier alpha value is -0.653. The van der Waals surface area contributed by atoms with Gasteiger partial charge in [0.05, 0.1) is 19.0 Å². The van der Waals surface area contributed by atoms with Crippen LogP contribution in [0, 0.1) is 5.41 Å². The molecule has 154 valence electrons. The van der Waals surface area contributed by atoms with Gasteiger partial charge in [-0.1, -0.05) is 55.4 Å². The molecular weight excluding hydrogens is 420 g/mol. The molecule has 0 aromatic heterocycles. The highest BCUT2D eigenvalue weighted by atomic mass is 79.9. The number of halogens is 1. The summed E-state index contributed by atoms with van der Waals surface area (Å²) >= 11 is 3.48. The first-order valence-corrected chi connectivity index (χ1v) is 13.4. The Morgan fingerprint density at radius 1 is 1.37 bits per heavy atom. The molecule has 0 aliphatic heterocycles. The largest absolute Gasteiger partial charge is 0.501 e. The van der Waals surface area contributed by atoms with Gasteiger partial charge in [0.15, 0.2) is 14.1 Å². The minimum atomic E-state index is -1.91. The highest BCUT2D eigenvalue weighted by Crippen LogP contribution is 2.45. The van der Waals surface area contributed by atoms with Crippen LogP contribution in [-0.4, -0.2) is 27.3 Å². The number of allylic oxidation sites excluding steroid dienone is 3. The third kappa shape index (κ3) is 6.43. The number of carbonyl (C=O) groups excluding carboxylic acids is 1. The Labute approximate surface area is 175 Å². The average molecular weight is 458 g/mol. The number of hydrogen-bond acceptors (Lipinski definition) is 3. The van der Waals surface area contributed by atoms with E-state index in [2.05, 4.69) is 63.0 Å². The Morgan fingerprint density at radius 3 is 2.37 bits per heavy atom. The van der Waals surface area contributed by atoms with Gasteiger partial charge in [-0.2, -0.15) is 0 Å². The van der Waals surface area contributed by atoms with Gasteiger partial charge in [-0.15, -0.1) is 0 Å². The Bertz CT molecular complexity index is 616. The first kappa shape index (κ1) is 24.4. The standard InChI is InChI=1S/C22H37BrO3Si/c1-16(2)19(26-27(8,9)21(4,5)6)11-13-22(15-17(3)23)12-10-18(25-7)14-20(22)24/h14,19H,1,3,10-13,15H2,2,4-9H3. The molecule has 0 heterocycles. The molecule has 2 atom stereocenters. The molecule has 0 fully saturated rings. The maximum Gasteiger partial charge on any atom is 0.192 e. The van der Waals surface area contributed by atoms with E-state index in [9.17, 15) is 4.79 Å². The maximum atomic E-state index is 13.0. The van der Waals surface area contributed by atoms with Gasteiger partial charge in [-0.3, -0.25) is 4.79 Å². The van der Waals surface area contributed by atoms with E-state index in [0.717, 1.165) is 41.5 Å². The molecule has 5 heteroatoms. The first-order valence-electron chi connectivity index (χ1n) is 9.69. The van der Waals surface area contributed by atoms with Gasteiger partial charge in [-0.05, 0) is 55.2 Å². The van der Waals surface area contributed by atoms with Gasteiger partial charge in [0.2, 0.25) is 0 Å². The van der Waals surface area contributed by atoms with E-state index in [0.29, 0.717) is 6.42 Å². The second-order valence-electron chi connectivity index (χ2n) is 9.41. The lowest BCUT2D eigenvalue weighted by Gasteiger charge is -2.41. The molecule has 0 bridgehead atoms. The van der Waals surface area contributed by atoms with Crippen molar-refractivity contribution in [3.05, 3.63) is 35.0 Å². The monoisotopic (exact) mass is 456 g/mol. The molecule has 0 spiro atoms. The molecule has 3 nitrogen and oxygen atoms in total. The van der Waals surface area contributed by atoms with Crippen LogP contribution in [0.5, 0.6) is 0 Å². The van der Waals surface area contributed by atoms with Gasteiger partial charge >= 0.3 is 0 Å². The van der Waals surface area contributed by atoms with E-state index in [1.54, 1.807) is 13.2 Å². The van der Waals surface area contributed by atoms with Crippen molar-refractivity contribution in [2.24, 2.45) is 5.41 Å². The Balaban J connectivity index is 3.01. The molecule has 0 N–H and O–H groups in total. The molecule has 0 radical (unpaired) electrons. The summed E-state index contributed by atoms with van der Waals surface area (Å²) in [6.45, 7) is 21.4. The van der Waals surface area contributed by atoms with Crippen LogP contribution < -0.4 is 0 Å². The molecule has 0 aromatic rings. The van der Waals surface area contributed by atoms with E-state index in [4.69, 9.17) is 9.16 Å². The van der Waals surface area contributed by atoms with E-state index < -0.39 is 13.7 Å². The zero-order chi connectivity index (χ0) is 21.0. The van der Waals surface area contributed by atoms with Crippen molar-refractivity contribution in [3.8, 4) is 0 Å². The smallest absolute Gasteiger partial charge is 0.192 e. The van der Waals surface area contributed by atoms with Gasteiger partial charge in [0.25, 0.3) is 0 Å². The lowest BCUT2D eigenvalue weighted by Crippen LogP contribution is -2.44. The fraction of sp³-hybridized carbons (Fsp3) is 0.682. The molecule has 0 saturated heterocycles. The van der Waals surface area contributed by atoms with Crippen molar-refractivity contribution in [2.75, 3.05) is 7.11 Å². The number of ether oxygens (including phenoxy) is 1. The lowest BCUT2D eigenvalue weighted by molar-refractivity contribution is -0.126. The highest BCUT2D eigenvalue weighted by Gasteiger charge is 2.42. The van der Waals surface area contributed by atoms with Crippen molar-refractivity contribution in [1.29, 1.82) is 0 Å². The molecule has 1 rings (SSSR count). The first-order chi connectivity index (χ1) is 12.2. The SMILES string of the molecule is C=C(Br)CC1(CCC(O[Si](C)(C)C(C)(C)C)C(=C)C)CCC(OC)=CC1=O. The fourth-order valence-corrected chi connectivity index (χ4v) is 5.16. The summed E-state index contributed by atoms with van der Waals surface area (Å²) in [6, 6.07) is 0. The molecule has 2 unspecified atom stereocenters. The van der Waals surface area contributed by atoms with Crippen molar-refractivity contribution < 1.29 is 14.0 Å². The quantitative estimate of drug-likeness (QED) is 0.279. The van der Waals surface area contributed by atoms with Crippen molar-refractivity contribution in [1.82, 2.24) is 0 Å². The van der Waals surface area contributed by atoms with E-state index in [1.807, 2.05) is 6.92 Å². The molecule has 0 amide bonds. The maximum absolute atomic E-state index is 13.0. The summed E-state index contributed by atoms with van der Waals surface area (Å²) in [5.74, 6) is 0.906. The molecule has 1 aliphatic carbocycles. The van der Waals surface area contributed by atoms with E-state index in [-0.39, 0.29) is 16.9 Å². The predicted molar refractivity (Wildman–Crippen MR) is 121 cm³/mol. The summed E-state index contributed by atoms with van der Waals surface area (Å²) in [4.78, 5) is 13.0. The molecular formula is C22H37BrO3Si. The summed E-state index contributed by atoms with van der Waals surface area (Å²) in [5.41, 5.74) is 0.594. The van der Waals surface area contributed by atoms with Gasteiger partial charge in [0.1, 0.15) is 0 Å². The molecule has 0 saturated carbocycles. The number of rotatable bonds is 9. The van der Waals surface area contributed by atoms with Gasteiger partial charge < -0.3 is 9.16 Å². The lowest BCUT2D eigenvalue weighted by atomic mass is 9.69. The van der Waals surface area contributed by atoms with E-state index >= 15 is 0 Å². The average Bonchev–Trinajstić information content (AvgIpc) is 2.51. The van der Waals surface area contributed by atoms with Crippen LogP contribution in [-0.2, 0) is 14.0 Å². The van der Waals surface area contributed by atoms with Crippen LogP contribution in [0.25, 0.3) is 0 Å². The van der Waals surface area contributed by atoms with E-state index in [1.165, 1.54) is 0 Å². The van der Waals surface area contributed by atoms with Crippen molar-refractivity contribution in [3.63, 3.8) is 0 Å². The number of methoxy groups -OCH3 is 1. The van der Waals surface area contributed by atoms with Crippen molar-refractivity contribution in [2.45, 2.75) is 84.0 Å². The van der Waals surface area contributed by atoms with Crippen LogP contribution in [0.15, 0.2) is 35.0 Å². The minimum Gasteiger partial charge on any atom is -0.501 e. The molecule has 27 heavy (non-hydrogen) atoms. The fourth-order valence-electron chi connectivity index (χ4n) is 3.24. The van der Waals surface area contributed by atoms with Crippen LogP contribution in [0.1, 0.15) is 59.8 Å². The third-order valence-electron chi connectivity index (χ3n) is 6.13. The summed E-state index contributed by atoms with van der Waals surface area (Å²) < 4.78 is 12.8. The van der Waals surface area contributed by atoms with Crippen LogP contribution >= 0.6 is 15.9 Å². The molecule has 1 aliphatic rings. The zero-order valence-corrected chi connectivity index (χ0v) is 20.8. The third-order valence-corrected chi connectivity index (χ3v) is 10.9. The topological polar surface area (TPSA) is 35.5 Å².